The van der Waals surface area contributed by atoms with E-state index in [2.05, 4.69) is 24.3 Å². The van der Waals surface area contributed by atoms with E-state index in [0.717, 1.165) is 25.8 Å². The Bertz CT molecular complexity index is 145. The van der Waals surface area contributed by atoms with Crippen molar-refractivity contribution in [1.29, 1.82) is 0 Å². The van der Waals surface area contributed by atoms with Crippen LogP contribution in [0.15, 0.2) is 0 Å². The van der Waals surface area contributed by atoms with Crippen molar-refractivity contribution in [3.8, 4) is 0 Å². The molecule has 0 radical (unpaired) electrons. The van der Waals surface area contributed by atoms with Gasteiger partial charge in [-0.3, -0.25) is 4.79 Å². The number of nitrogens with zero attached hydrogens (tertiary/aromatic N) is 1. The van der Waals surface area contributed by atoms with Crippen LogP contribution in [-0.2, 0) is 4.79 Å². The number of amides is 1. The molecule has 1 aliphatic rings. The molecule has 0 aromatic heterocycles. The first kappa shape index (κ1) is 8.53. The van der Waals surface area contributed by atoms with E-state index >= 15 is 0 Å². The summed E-state index contributed by atoms with van der Waals surface area (Å²) in [5, 5.41) is 2.94. The molecular formula is C8H16N2O. The Kier molecular flexibility index (Phi) is 2.88. The highest BCUT2D eigenvalue weighted by Crippen LogP contribution is 2.09. The first-order chi connectivity index (χ1) is 5.18. The summed E-state index contributed by atoms with van der Waals surface area (Å²) in [6, 6.07) is 0.435. The van der Waals surface area contributed by atoms with E-state index in [1.165, 1.54) is 0 Å². The third kappa shape index (κ3) is 2.89. The second-order valence-electron chi connectivity index (χ2n) is 3.40. The van der Waals surface area contributed by atoms with Crippen LogP contribution in [0.5, 0.6) is 0 Å². The molecule has 0 spiro atoms. The molecule has 0 aliphatic carbocycles. The predicted molar refractivity (Wildman–Crippen MR) is 44.3 cm³/mol. The van der Waals surface area contributed by atoms with Crippen LogP contribution in [0.1, 0.15) is 19.3 Å². The normalized spacial score (nSPS) is 24.3. The maximum atomic E-state index is 10.8. The predicted octanol–water partition coefficient (Wildman–Crippen LogP) is 0.217. The van der Waals surface area contributed by atoms with Crippen molar-refractivity contribution in [2.75, 3.05) is 20.6 Å². The second kappa shape index (κ2) is 3.72. The summed E-state index contributed by atoms with van der Waals surface area (Å²) in [5.74, 6) is 0.216. The van der Waals surface area contributed by atoms with Crippen LogP contribution < -0.4 is 5.32 Å². The standard InChI is InChI=1S/C8H16N2O/c1-10(2)6-5-7-3-4-8(11)9-7/h7H,3-6H2,1-2H3,(H,9,11). The average Bonchev–Trinajstić information content (AvgIpc) is 2.31. The van der Waals surface area contributed by atoms with Gasteiger partial charge >= 0.3 is 0 Å². The van der Waals surface area contributed by atoms with Crippen LogP contribution in [0.3, 0.4) is 0 Å². The molecule has 1 N–H and O–H groups in total. The van der Waals surface area contributed by atoms with Gasteiger partial charge in [0.2, 0.25) is 5.91 Å². The molecular weight excluding hydrogens is 140 g/mol. The zero-order chi connectivity index (χ0) is 8.27. The van der Waals surface area contributed by atoms with Crippen LogP contribution in [0.2, 0.25) is 0 Å². The smallest absolute Gasteiger partial charge is 0.220 e. The van der Waals surface area contributed by atoms with Crippen molar-refractivity contribution >= 4 is 5.91 Å². The highest BCUT2D eigenvalue weighted by Gasteiger charge is 2.19. The lowest BCUT2D eigenvalue weighted by atomic mass is 10.1. The summed E-state index contributed by atoms with van der Waals surface area (Å²) in [5.41, 5.74) is 0. The van der Waals surface area contributed by atoms with Crippen molar-refractivity contribution in [1.82, 2.24) is 10.2 Å². The summed E-state index contributed by atoms with van der Waals surface area (Å²) in [4.78, 5) is 12.9. The van der Waals surface area contributed by atoms with E-state index in [4.69, 9.17) is 0 Å². The lowest BCUT2D eigenvalue weighted by molar-refractivity contribution is -0.119. The average molecular weight is 156 g/mol. The monoisotopic (exact) mass is 156 g/mol. The molecule has 1 unspecified atom stereocenters. The minimum atomic E-state index is 0.216. The Morgan fingerprint density at radius 1 is 1.64 bits per heavy atom. The van der Waals surface area contributed by atoms with E-state index < -0.39 is 0 Å². The van der Waals surface area contributed by atoms with Crippen molar-refractivity contribution in [3.05, 3.63) is 0 Å². The van der Waals surface area contributed by atoms with E-state index in [0.29, 0.717) is 6.04 Å². The summed E-state index contributed by atoms with van der Waals surface area (Å²) < 4.78 is 0. The second-order valence-corrected chi connectivity index (χ2v) is 3.40. The van der Waals surface area contributed by atoms with E-state index in [9.17, 15) is 4.79 Å². The largest absolute Gasteiger partial charge is 0.353 e. The van der Waals surface area contributed by atoms with E-state index in [-0.39, 0.29) is 5.91 Å². The van der Waals surface area contributed by atoms with E-state index in [1.54, 1.807) is 0 Å². The van der Waals surface area contributed by atoms with Crippen LogP contribution in [0, 0.1) is 0 Å². The molecule has 1 atom stereocenters. The van der Waals surface area contributed by atoms with Crippen LogP contribution >= 0.6 is 0 Å². The van der Waals surface area contributed by atoms with Crippen LogP contribution in [-0.4, -0.2) is 37.5 Å². The fourth-order valence-corrected chi connectivity index (χ4v) is 1.31. The molecule has 64 valence electrons. The van der Waals surface area contributed by atoms with Gasteiger partial charge in [0.05, 0.1) is 0 Å². The molecule has 1 fully saturated rings. The van der Waals surface area contributed by atoms with Gasteiger partial charge in [-0.25, -0.2) is 0 Å². The molecule has 0 aromatic rings. The summed E-state index contributed by atoms with van der Waals surface area (Å²) >= 11 is 0. The SMILES string of the molecule is CN(C)CCC1CCC(=O)N1. The highest BCUT2D eigenvalue weighted by atomic mass is 16.1. The number of hydrogen-bond acceptors (Lipinski definition) is 2. The van der Waals surface area contributed by atoms with Gasteiger partial charge < -0.3 is 10.2 Å². The van der Waals surface area contributed by atoms with Crippen LogP contribution in [0.4, 0.5) is 0 Å². The fourth-order valence-electron chi connectivity index (χ4n) is 1.31. The van der Waals surface area contributed by atoms with Gasteiger partial charge in [0.1, 0.15) is 0 Å². The fraction of sp³-hybridized carbons (Fsp3) is 0.875. The third-order valence-corrected chi connectivity index (χ3v) is 2.01. The molecule has 0 saturated carbocycles. The van der Waals surface area contributed by atoms with Crippen molar-refractivity contribution in [3.63, 3.8) is 0 Å². The molecule has 11 heavy (non-hydrogen) atoms. The highest BCUT2D eigenvalue weighted by molar-refractivity contribution is 5.78. The Hall–Kier alpha value is -0.570. The lowest BCUT2D eigenvalue weighted by Gasteiger charge is -2.13. The molecule has 0 aromatic carbocycles. The van der Waals surface area contributed by atoms with Crippen molar-refractivity contribution in [2.24, 2.45) is 0 Å². The molecule has 3 nitrogen and oxygen atoms in total. The minimum absolute atomic E-state index is 0.216. The quantitative estimate of drug-likeness (QED) is 0.634. The van der Waals surface area contributed by atoms with Gasteiger partial charge in [0, 0.05) is 12.5 Å². The number of carbonyl (C=O) groups excluding carboxylic acids is 1. The van der Waals surface area contributed by atoms with Gasteiger partial charge in [0.15, 0.2) is 0 Å². The molecule has 1 amide bonds. The Labute approximate surface area is 67.8 Å². The topological polar surface area (TPSA) is 32.3 Å². The molecule has 3 heteroatoms. The minimum Gasteiger partial charge on any atom is -0.353 e. The summed E-state index contributed by atoms with van der Waals surface area (Å²) in [7, 11) is 4.10. The number of carbonyl (C=O) groups is 1. The van der Waals surface area contributed by atoms with Crippen molar-refractivity contribution in [2.45, 2.75) is 25.3 Å². The van der Waals surface area contributed by atoms with Gasteiger partial charge in [-0.1, -0.05) is 0 Å². The molecule has 1 heterocycles. The molecule has 0 bridgehead atoms. The maximum Gasteiger partial charge on any atom is 0.220 e. The third-order valence-electron chi connectivity index (χ3n) is 2.01. The molecule has 1 saturated heterocycles. The lowest BCUT2D eigenvalue weighted by Crippen LogP contribution is -2.28. The molecule has 1 rings (SSSR count). The Morgan fingerprint density at radius 3 is 2.82 bits per heavy atom. The first-order valence-corrected chi connectivity index (χ1v) is 4.12. The molecule has 1 aliphatic heterocycles. The van der Waals surface area contributed by atoms with Gasteiger partial charge in [-0.2, -0.15) is 0 Å². The Balaban J connectivity index is 2.13. The zero-order valence-electron chi connectivity index (χ0n) is 7.26. The number of nitrogens with one attached hydrogen (secondary N) is 1. The Morgan fingerprint density at radius 2 is 2.36 bits per heavy atom. The number of rotatable bonds is 3. The maximum absolute atomic E-state index is 10.8. The number of hydrogen-bond donors (Lipinski definition) is 1. The first-order valence-electron chi connectivity index (χ1n) is 4.12. The van der Waals surface area contributed by atoms with E-state index in [1.807, 2.05) is 0 Å². The van der Waals surface area contributed by atoms with Crippen LogP contribution in [0.25, 0.3) is 0 Å². The van der Waals surface area contributed by atoms with Gasteiger partial charge in [-0.05, 0) is 33.5 Å². The summed E-state index contributed by atoms with van der Waals surface area (Å²) in [6.45, 7) is 1.06. The van der Waals surface area contributed by atoms with Gasteiger partial charge in [0.25, 0.3) is 0 Å². The van der Waals surface area contributed by atoms with Gasteiger partial charge in [-0.15, -0.1) is 0 Å². The zero-order valence-corrected chi connectivity index (χ0v) is 7.26. The summed E-state index contributed by atoms with van der Waals surface area (Å²) in [6.07, 6.45) is 2.82. The van der Waals surface area contributed by atoms with Crippen molar-refractivity contribution < 1.29 is 4.79 Å².